The third-order valence-corrected chi connectivity index (χ3v) is 4.14. The van der Waals surface area contributed by atoms with E-state index in [1.165, 1.54) is 0 Å². The zero-order chi connectivity index (χ0) is 16.9. The lowest BCUT2D eigenvalue weighted by atomic mass is 10.1. The van der Waals surface area contributed by atoms with Crippen LogP contribution in [0, 0.1) is 6.92 Å². The molecule has 2 aromatic carbocycles. The Morgan fingerprint density at radius 3 is 2.54 bits per heavy atom. The first-order valence-corrected chi connectivity index (χ1v) is 8.13. The summed E-state index contributed by atoms with van der Waals surface area (Å²) in [5.41, 5.74) is 3.81. The number of hydrogen-bond donors (Lipinski definition) is 1. The fourth-order valence-corrected chi connectivity index (χ4v) is 2.67. The van der Waals surface area contributed by atoms with Gasteiger partial charge in [-0.2, -0.15) is 0 Å². The van der Waals surface area contributed by atoms with Crippen LogP contribution in [0.3, 0.4) is 0 Å². The van der Waals surface area contributed by atoms with Crippen LogP contribution in [0.2, 0.25) is 0 Å². The minimum Gasteiger partial charge on any atom is -0.331 e. The third-order valence-electron chi connectivity index (χ3n) is 4.14. The van der Waals surface area contributed by atoms with Crippen LogP contribution in [0.4, 0.5) is 5.69 Å². The molecule has 122 valence electrons. The van der Waals surface area contributed by atoms with Crippen molar-refractivity contribution in [1.82, 2.24) is 9.55 Å². The highest BCUT2D eigenvalue weighted by atomic mass is 16.1. The lowest BCUT2D eigenvalue weighted by Crippen LogP contribution is -2.13. The number of anilines is 1. The van der Waals surface area contributed by atoms with E-state index in [1.807, 2.05) is 61.7 Å². The molecule has 4 heteroatoms. The van der Waals surface area contributed by atoms with Crippen molar-refractivity contribution in [3.8, 4) is 0 Å². The van der Waals surface area contributed by atoms with E-state index >= 15 is 0 Å². The second kappa shape index (κ2) is 7.13. The molecule has 3 aromatic rings. The van der Waals surface area contributed by atoms with Gasteiger partial charge in [0.15, 0.2) is 0 Å². The maximum absolute atomic E-state index is 12.4. The van der Waals surface area contributed by atoms with E-state index < -0.39 is 0 Å². The number of hydrogen-bond acceptors (Lipinski definition) is 2. The molecule has 0 fully saturated rings. The molecule has 1 heterocycles. The molecule has 0 atom stereocenters. The summed E-state index contributed by atoms with van der Waals surface area (Å²) >= 11 is 0. The Morgan fingerprint density at radius 2 is 1.88 bits per heavy atom. The van der Waals surface area contributed by atoms with Crippen LogP contribution in [0.25, 0.3) is 0 Å². The SMILES string of the molecule is CCc1ccccc1NC(=O)c1ccc(Cn2ccnc2C)cc1. The molecule has 3 rings (SSSR count). The molecular weight excluding hydrogens is 298 g/mol. The lowest BCUT2D eigenvalue weighted by molar-refractivity contribution is 0.102. The molecule has 0 unspecified atom stereocenters. The minimum atomic E-state index is -0.0822. The van der Waals surface area contributed by atoms with E-state index in [9.17, 15) is 4.79 Å². The first kappa shape index (κ1) is 16.0. The molecular formula is C20H21N3O. The van der Waals surface area contributed by atoms with Gasteiger partial charge in [-0.25, -0.2) is 4.98 Å². The number of benzene rings is 2. The van der Waals surface area contributed by atoms with Gasteiger partial charge in [0.05, 0.1) is 0 Å². The molecule has 0 saturated carbocycles. The third kappa shape index (κ3) is 3.54. The number of aryl methyl sites for hydroxylation is 2. The number of imidazole rings is 1. The van der Waals surface area contributed by atoms with Gasteiger partial charge in [-0.1, -0.05) is 37.3 Å². The van der Waals surface area contributed by atoms with Crippen LogP contribution >= 0.6 is 0 Å². The Bertz CT molecular complexity index is 834. The summed E-state index contributed by atoms with van der Waals surface area (Å²) in [7, 11) is 0. The molecule has 1 N–H and O–H groups in total. The standard InChI is InChI=1S/C20H21N3O/c1-3-17-6-4-5-7-19(17)22-20(24)18-10-8-16(9-11-18)14-23-13-12-21-15(23)2/h4-13H,3,14H2,1-2H3,(H,22,24). The number of nitrogens with one attached hydrogen (secondary N) is 1. The zero-order valence-corrected chi connectivity index (χ0v) is 14.0. The van der Waals surface area contributed by atoms with E-state index in [4.69, 9.17) is 0 Å². The van der Waals surface area contributed by atoms with Gasteiger partial charge in [0.1, 0.15) is 5.82 Å². The predicted octanol–water partition coefficient (Wildman–Crippen LogP) is 4.05. The second-order valence-electron chi connectivity index (χ2n) is 5.76. The first-order valence-electron chi connectivity index (χ1n) is 8.13. The Morgan fingerprint density at radius 1 is 1.12 bits per heavy atom. The highest BCUT2D eigenvalue weighted by molar-refractivity contribution is 6.04. The van der Waals surface area contributed by atoms with Crippen molar-refractivity contribution < 1.29 is 4.79 Å². The molecule has 0 aliphatic carbocycles. The number of para-hydroxylation sites is 1. The van der Waals surface area contributed by atoms with E-state index in [-0.39, 0.29) is 5.91 Å². The fraction of sp³-hybridized carbons (Fsp3) is 0.200. The molecule has 0 aliphatic rings. The maximum Gasteiger partial charge on any atom is 0.255 e. The van der Waals surface area contributed by atoms with Crippen LogP contribution in [0.15, 0.2) is 60.9 Å². The summed E-state index contributed by atoms with van der Waals surface area (Å²) in [6.07, 6.45) is 4.64. The van der Waals surface area contributed by atoms with Crippen LogP contribution in [-0.2, 0) is 13.0 Å². The van der Waals surface area contributed by atoms with Gasteiger partial charge in [0.2, 0.25) is 0 Å². The van der Waals surface area contributed by atoms with Gasteiger partial charge in [-0.3, -0.25) is 4.79 Å². The summed E-state index contributed by atoms with van der Waals surface area (Å²) in [4.78, 5) is 16.7. The van der Waals surface area contributed by atoms with Crippen molar-refractivity contribution in [3.05, 3.63) is 83.4 Å². The van der Waals surface area contributed by atoms with Crippen molar-refractivity contribution in [2.45, 2.75) is 26.8 Å². The van der Waals surface area contributed by atoms with E-state index in [0.717, 1.165) is 35.6 Å². The largest absolute Gasteiger partial charge is 0.331 e. The Kier molecular flexibility index (Phi) is 4.75. The number of carbonyl (C=O) groups is 1. The van der Waals surface area contributed by atoms with E-state index in [2.05, 4.69) is 21.8 Å². The topological polar surface area (TPSA) is 46.9 Å². The first-order chi connectivity index (χ1) is 11.7. The zero-order valence-electron chi connectivity index (χ0n) is 14.0. The van der Waals surface area contributed by atoms with Crippen molar-refractivity contribution in [2.24, 2.45) is 0 Å². The molecule has 0 radical (unpaired) electrons. The smallest absolute Gasteiger partial charge is 0.255 e. The number of nitrogens with zero attached hydrogens (tertiary/aromatic N) is 2. The van der Waals surface area contributed by atoms with Crippen LogP contribution in [0.1, 0.15) is 34.2 Å². The predicted molar refractivity (Wildman–Crippen MR) is 96.3 cm³/mol. The highest BCUT2D eigenvalue weighted by Gasteiger charge is 2.08. The normalized spacial score (nSPS) is 10.6. The summed E-state index contributed by atoms with van der Waals surface area (Å²) in [6, 6.07) is 15.6. The van der Waals surface area contributed by atoms with E-state index in [0.29, 0.717) is 5.56 Å². The van der Waals surface area contributed by atoms with Crippen molar-refractivity contribution >= 4 is 11.6 Å². The van der Waals surface area contributed by atoms with Crippen LogP contribution < -0.4 is 5.32 Å². The van der Waals surface area contributed by atoms with Gasteiger partial charge in [-0.15, -0.1) is 0 Å². The Balaban J connectivity index is 1.71. The van der Waals surface area contributed by atoms with E-state index in [1.54, 1.807) is 6.20 Å². The van der Waals surface area contributed by atoms with Crippen molar-refractivity contribution in [1.29, 1.82) is 0 Å². The quantitative estimate of drug-likeness (QED) is 0.771. The van der Waals surface area contributed by atoms with Gasteiger partial charge in [0.25, 0.3) is 5.91 Å². The number of carbonyl (C=O) groups excluding carboxylic acids is 1. The summed E-state index contributed by atoms with van der Waals surface area (Å²) in [6.45, 7) is 4.82. The van der Waals surface area contributed by atoms with Gasteiger partial charge in [0, 0.05) is 30.2 Å². The van der Waals surface area contributed by atoms with Crippen molar-refractivity contribution in [3.63, 3.8) is 0 Å². The van der Waals surface area contributed by atoms with Gasteiger partial charge in [-0.05, 0) is 42.7 Å². The highest BCUT2D eigenvalue weighted by Crippen LogP contribution is 2.17. The molecule has 0 saturated heterocycles. The maximum atomic E-state index is 12.4. The molecule has 0 bridgehead atoms. The molecule has 0 aliphatic heterocycles. The average Bonchev–Trinajstić information content (AvgIpc) is 3.01. The molecule has 1 amide bonds. The number of aromatic nitrogens is 2. The number of amides is 1. The summed E-state index contributed by atoms with van der Waals surface area (Å²) < 4.78 is 2.08. The monoisotopic (exact) mass is 319 g/mol. The van der Waals surface area contributed by atoms with Gasteiger partial charge >= 0.3 is 0 Å². The summed E-state index contributed by atoms with van der Waals surface area (Å²) in [5, 5.41) is 3.00. The summed E-state index contributed by atoms with van der Waals surface area (Å²) in [5.74, 6) is 0.897. The average molecular weight is 319 g/mol. The van der Waals surface area contributed by atoms with Gasteiger partial charge < -0.3 is 9.88 Å². The molecule has 24 heavy (non-hydrogen) atoms. The Labute approximate surface area is 142 Å². The lowest BCUT2D eigenvalue weighted by Gasteiger charge is -2.10. The number of rotatable bonds is 5. The van der Waals surface area contributed by atoms with Crippen molar-refractivity contribution in [2.75, 3.05) is 5.32 Å². The van der Waals surface area contributed by atoms with Crippen LogP contribution in [-0.4, -0.2) is 15.5 Å². The molecule has 1 aromatic heterocycles. The Hall–Kier alpha value is -2.88. The molecule has 0 spiro atoms. The van der Waals surface area contributed by atoms with Crippen LogP contribution in [0.5, 0.6) is 0 Å². The minimum absolute atomic E-state index is 0.0822. The fourth-order valence-electron chi connectivity index (χ4n) is 2.67. The molecule has 4 nitrogen and oxygen atoms in total. The second-order valence-corrected chi connectivity index (χ2v) is 5.76.